The van der Waals surface area contributed by atoms with Gasteiger partial charge in [-0.15, -0.1) is 0 Å². The Balaban J connectivity index is 1.07. The number of benzene rings is 1. The first-order valence-corrected chi connectivity index (χ1v) is 15.8. The van der Waals surface area contributed by atoms with E-state index in [-0.39, 0.29) is 24.5 Å². The van der Waals surface area contributed by atoms with Crippen molar-refractivity contribution < 1.29 is 29.0 Å². The summed E-state index contributed by atoms with van der Waals surface area (Å²) < 4.78 is 12.4. The number of hydrogen-bond donors (Lipinski definition) is 2. The van der Waals surface area contributed by atoms with Crippen LogP contribution in [0.1, 0.15) is 89.2 Å². The van der Waals surface area contributed by atoms with Crippen LogP contribution in [0.25, 0.3) is 0 Å². The first-order chi connectivity index (χ1) is 19.3. The molecule has 0 saturated heterocycles. The Morgan fingerprint density at radius 1 is 0.725 bits per heavy atom. The summed E-state index contributed by atoms with van der Waals surface area (Å²) in [4.78, 5) is 38.9. The largest absolute Gasteiger partial charge is 0.461 e. The topological polar surface area (TPSA) is 102 Å². The maximum Gasteiger partial charge on any atom is 0.320 e. The Kier molecular flexibility index (Phi) is 6.92. The summed E-state index contributed by atoms with van der Waals surface area (Å²) >= 11 is 0. The van der Waals surface area contributed by atoms with Crippen molar-refractivity contribution in [2.45, 2.75) is 95.9 Å². The number of aliphatic hydroxyl groups is 1. The number of esters is 2. The zero-order valence-corrected chi connectivity index (χ0v) is 23.5. The molecule has 0 radical (unpaired) electrons. The van der Waals surface area contributed by atoms with Crippen LogP contribution in [0.5, 0.6) is 0 Å². The molecule has 8 fully saturated rings. The molecule has 9 rings (SSSR count). The van der Waals surface area contributed by atoms with Gasteiger partial charge in [-0.1, -0.05) is 12.1 Å². The Hall–Kier alpha value is -2.41. The Morgan fingerprint density at radius 2 is 1.12 bits per heavy atom. The second-order valence-corrected chi connectivity index (χ2v) is 14.3. The predicted molar refractivity (Wildman–Crippen MR) is 148 cm³/mol. The second kappa shape index (κ2) is 10.5. The Bertz CT molecular complexity index is 1030. The first kappa shape index (κ1) is 26.5. The second-order valence-electron chi connectivity index (χ2n) is 14.3. The van der Waals surface area contributed by atoms with Crippen LogP contribution in [-0.4, -0.2) is 35.2 Å². The van der Waals surface area contributed by atoms with Gasteiger partial charge < -0.3 is 19.9 Å². The van der Waals surface area contributed by atoms with Crippen molar-refractivity contribution >= 4 is 23.5 Å². The van der Waals surface area contributed by atoms with Gasteiger partial charge in [-0.2, -0.15) is 0 Å². The number of carbonyl (C=O) groups is 3. The number of carbonyl (C=O) groups excluding carboxylic acids is 3. The molecule has 0 spiro atoms. The molecule has 40 heavy (non-hydrogen) atoms. The van der Waals surface area contributed by atoms with E-state index in [1.54, 1.807) is 24.3 Å². The van der Waals surface area contributed by atoms with Crippen molar-refractivity contribution in [3.05, 3.63) is 29.8 Å². The van der Waals surface area contributed by atoms with Crippen LogP contribution in [0, 0.1) is 53.3 Å². The summed E-state index contributed by atoms with van der Waals surface area (Å²) in [5, 5.41) is 13.9. The van der Waals surface area contributed by atoms with E-state index in [9.17, 15) is 19.5 Å². The number of hydrogen-bond acceptors (Lipinski definition) is 6. The molecule has 1 aromatic carbocycles. The molecule has 2 N–H and O–H groups in total. The third-order valence-electron chi connectivity index (χ3n) is 11.4. The maximum absolute atomic E-state index is 13.8. The molecule has 0 heterocycles. The van der Waals surface area contributed by atoms with Gasteiger partial charge in [0, 0.05) is 19.0 Å². The molecule has 8 aliphatic carbocycles. The van der Waals surface area contributed by atoms with Gasteiger partial charge in [0.1, 0.15) is 12.2 Å². The van der Waals surface area contributed by atoms with E-state index in [1.807, 2.05) is 0 Å². The summed E-state index contributed by atoms with van der Waals surface area (Å²) in [6.07, 6.45) is 10.3. The number of amides is 1. The highest BCUT2D eigenvalue weighted by molar-refractivity contribution is 5.95. The molecule has 1 atom stereocenters. The van der Waals surface area contributed by atoms with Crippen LogP contribution in [0.2, 0.25) is 0 Å². The fourth-order valence-corrected chi connectivity index (χ4v) is 10.2. The van der Waals surface area contributed by atoms with E-state index in [0.29, 0.717) is 34.9 Å². The molecule has 1 amide bonds. The van der Waals surface area contributed by atoms with E-state index in [2.05, 4.69) is 5.32 Å². The minimum atomic E-state index is -1.15. The summed E-state index contributed by atoms with van der Waals surface area (Å²) in [5.41, 5.74) is 1.21. The third kappa shape index (κ3) is 5.08. The summed E-state index contributed by atoms with van der Waals surface area (Å²) in [5.74, 6) is 2.25. The predicted octanol–water partition coefficient (Wildman–Crippen LogP) is 5.42. The molecular formula is C33H43NO6. The molecule has 0 aliphatic heterocycles. The van der Waals surface area contributed by atoms with Crippen LogP contribution in [0.15, 0.2) is 24.3 Å². The molecule has 8 saturated carbocycles. The average molecular weight is 550 g/mol. The van der Waals surface area contributed by atoms with Gasteiger partial charge in [0.2, 0.25) is 5.91 Å². The fourth-order valence-electron chi connectivity index (χ4n) is 10.2. The van der Waals surface area contributed by atoms with Crippen LogP contribution < -0.4 is 5.32 Å². The number of anilines is 1. The van der Waals surface area contributed by atoms with Gasteiger partial charge in [0.15, 0.2) is 5.92 Å². The standard InChI is InChI=1S/C33H43NO6/c1-17(35)34-27-4-2-22(3-5-27)29(36)16-28(32(37)39-30-23-8-18-6-19(10-23)11-24(30)9-18)33(38)40-31-25-12-20-7-21(14-25)15-26(31)13-20/h2-5,18-21,23-26,28-31,36H,6-16H2,1H3,(H,34,35)/t18?,19?,20?,21?,23?,24?,25?,26?,28?,29-,30?,31?/m0/s1. The highest BCUT2D eigenvalue weighted by Gasteiger charge is 2.52. The maximum atomic E-state index is 13.8. The molecule has 1 aromatic rings. The van der Waals surface area contributed by atoms with Crippen LogP contribution in [0.4, 0.5) is 5.69 Å². The van der Waals surface area contributed by atoms with Crippen molar-refractivity contribution in [3.63, 3.8) is 0 Å². The molecule has 216 valence electrons. The van der Waals surface area contributed by atoms with Gasteiger partial charge in [0.05, 0.1) is 6.10 Å². The lowest BCUT2D eigenvalue weighted by Crippen LogP contribution is -2.52. The van der Waals surface area contributed by atoms with Gasteiger partial charge >= 0.3 is 11.9 Å². The fraction of sp³-hybridized carbons (Fsp3) is 0.727. The molecule has 8 bridgehead atoms. The number of aliphatic hydroxyl groups excluding tert-OH is 1. The Labute approximate surface area is 236 Å². The van der Waals surface area contributed by atoms with E-state index in [4.69, 9.17) is 9.47 Å². The van der Waals surface area contributed by atoms with E-state index >= 15 is 0 Å². The molecule has 7 nitrogen and oxygen atoms in total. The highest BCUT2D eigenvalue weighted by Crippen LogP contribution is 2.56. The van der Waals surface area contributed by atoms with Crippen LogP contribution in [-0.2, 0) is 23.9 Å². The quantitative estimate of drug-likeness (QED) is 0.332. The SMILES string of the molecule is CC(=O)Nc1ccc([C@@H](O)CC(C(=O)OC2C3CC4CC(C3)CC2C4)C(=O)OC2C3CC4CC(C3)CC2C4)cc1. The van der Waals surface area contributed by atoms with Gasteiger partial charge in [-0.05, 0) is 129 Å². The van der Waals surface area contributed by atoms with E-state index in [0.717, 1.165) is 75.0 Å². The zero-order valence-electron chi connectivity index (χ0n) is 23.5. The lowest BCUT2D eigenvalue weighted by molar-refractivity contribution is -0.190. The minimum Gasteiger partial charge on any atom is -0.461 e. The molecular weight excluding hydrogens is 506 g/mol. The van der Waals surface area contributed by atoms with Crippen LogP contribution >= 0.6 is 0 Å². The third-order valence-corrected chi connectivity index (χ3v) is 11.4. The lowest BCUT2D eigenvalue weighted by Gasteiger charge is -2.54. The van der Waals surface area contributed by atoms with Crippen molar-refractivity contribution in [3.8, 4) is 0 Å². The van der Waals surface area contributed by atoms with Crippen molar-refractivity contribution in [2.75, 3.05) is 5.32 Å². The summed E-state index contributed by atoms with van der Waals surface area (Å²) in [6.45, 7) is 1.44. The number of rotatable bonds is 8. The van der Waals surface area contributed by atoms with Gasteiger partial charge in [-0.3, -0.25) is 14.4 Å². The van der Waals surface area contributed by atoms with Crippen molar-refractivity contribution in [2.24, 2.45) is 53.3 Å². The average Bonchev–Trinajstić information content (AvgIpc) is 2.90. The number of nitrogens with one attached hydrogen (secondary N) is 1. The van der Waals surface area contributed by atoms with Gasteiger partial charge in [0.25, 0.3) is 0 Å². The lowest BCUT2D eigenvalue weighted by atomic mass is 9.55. The molecule has 7 heteroatoms. The smallest absolute Gasteiger partial charge is 0.320 e. The molecule has 8 aliphatic rings. The highest BCUT2D eigenvalue weighted by atomic mass is 16.6. The zero-order chi connectivity index (χ0) is 27.5. The number of ether oxygens (including phenoxy) is 2. The van der Waals surface area contributed by atoms with E-state index in [1.165, 1.54) is 19.8 Å². The van der Waals surface area contributed by atoms with Crippen molar-refractivity contribution in [1.29, 1.82) is 0 Å². The minimum absolute atomic E-state index is 0.0717. The van der Waals surface area contributed by atoms with Gasteiger partial charge in [-0.25, -0.2) is 0 Å². The summed E-state index contributed by atoms with van der Waals surface area (Å²) in [6, 6.07) is 6.88. The van der Waals surface area contributed by atoms with E-state index < -0.39 is 24.0 Å². The normalized spacial score (nSPS) is 40.0. The van der Waals surface area contributed by atoms with Crippen LogP contribution in [0.3, 0.4) is 0 Å². The molecule has 0 aromatic heterocycles. The Morgan fingerprint density at radius 3 is 1.50 bits per heavy atom. The monoisotopic (exact) mass is 549 g/mol. The molecule has 0 unspecified atom stereocenters. The first-order valence-electron chi connectivity index (χ1n) is 15.8. The van der Waals surface area contributed by atoms with Crippen molar-refractivity contribution in [1.82, 2.24) is 0 Å². The summed E-state index contributed by atoms with van der Waals surface area (Å²) in [7, 11) is 0.